The second-order valence-corrected chi connectivity index (χ2v) is 7.03. The Kier molecular flexibility index (Phi) is 8.44. The average Bonchev–Trinajstić information content (AvgIpc) is 2.97. The normalized spacial score (nSPS) is 22.8. The van der Waals surface area contributed by atoms with Crippen LogP contribution in [0.2, 0.25) is 0 Å². The fourth-order valence-electron chi connectivity index (χ4n) is 3.03. The van der Waals surface area contributed by atoms with Crippen molar-refractivity contribution in [3.05, 3.63) is 48.0 Å². The van der Waals surface area contributed by atoms with E-state index < -0.39 is 11.9 Å². The molecular formula is C21H30O6. The Bertz CT molecular complexity index is 598. The first-order valence-electron chi connectivity index (χ1n) is 9.28. The molecule has 0 radical (unpaired) electrons. The predicted octanol–water partition coefficient (Wildman–Crippen LogP) is 2.84. The summed E-state index contributed by atoms with van der Waals surface area (Å²) in [5.41, 5.74) is 1.10. The van der Waals surface area contributed by atoms with Gasteiger partial charge in [0.05, 0.1) is 26.2 Å². The number of ether oxygens (including phenoxy) is 4. The number of methoxy groups -OCH3 is 1. The van der Waals surface area contributed by atoms with E-state index in [-0.39, 0.29) is 24.6 Å². The number of carbonyl (C=O) groups is 1. The van der Waals surface area contributed by atoms with Crippen molar-refractivity contribution in [2.75, 3.05) is 20.3 Å². The second kappa shape index (κ2) is 10.6. The van der Waals surface area contributed by atoms with E-state index in [1.54, 1.807) is 0 Å². The lowest BCUT2D eigenvalue weighted by molar-refractivity contribution is -0.147. The van der Waals surface area contributed by atoms with E-state index in [1.807, 2.05) is 56.3 Å². The zero-order valence-electron chi connectivity index (χ0n) is 16.3. The summed E-state index contributed by atoms with van der Waals surface area (Å²) in [4.78, 5) is 12.0. The van der Waals surface area contributed by atoms with E-state index in [9.17, 15) is 9.90 Å². The van der Waals surface area contributed by atoms with Gasteiger partial charge in [0.15, 0.2) is 5.79 Å². The molecule has 6 nitrogen and oxygen atoms in total. The van der Waals surface area contributed by atoms with Crippen LogP contribution in [0.3, 0.4) is 0 Å². The molecule has 3 atom stereocenters. The van der Waals surface area contributed by atoms with Gasteiger partial charge in [-0.05, 0) is 32.3 Å². The summed E-state index contributed by atoms with van der Waals surface area (Å²) in [5, 5.41) is 9.41. The molecule has 0 bridgehead atoms. The number of rotatable bonds is 10. The Labute approximate surface area is 161 Å². The Morgan fingerprint density at radius 1 is 1.30 bits per heavy atom. The molecule has 1 N–H and O–H groups in total. The molecule has 0 aromatic heterocycles. The molecule has 27 heavy (non-hydrogen) atoms. The minimum absolute atomic E-state index is 0.119. The minimum atomic E-state index is -0.727. The highest BCUT2D eigenvalue weighted by molar-refractivity contribution is 5.72. The van der Waals surface area contributed by atoms with Crippen LogP contribution in [0.15, 0.2) is 42.5 Å². The molecule has 1 aromatic rings. The lowest BCUT2D eigenvalue weighted by Gasteiger charge is -2.16. The van der Waals surface area contributed by atoms with Crippen LogP contribution in [0.5, 0.6) is 0 Å². The minimum Gasteiger partial charge on any atom is -0.469 e. The van der Waals surface area contributed by atoms with Gasteiger partial charge < -0.3 is 24.1 Å². The summed E-state index contributed by atoms with van der Waals surface area (Å²) in [6.07, 6.45) is 4.08. The summed E-state index contributed by atoms with van der Waals surface area (Å²) in [5.74, 6) is -1.27. The summed E-state index contributed by atoms with van der Waals surface area (Å²) < 4.78 is 22.0. The Balaban J connectivity index is 1.80. The van der Waals surface area contributed by atoms with E-state index >= 15 is 0 Å². The van der Waals surface area contributed by atoms with Crippen LogP contribution in [-0.4, -0.2) is 49.4 Å². The van der Waals surface area contributed by atoms with Crippen LogP contribution < -0.4 is 0 Å². The lowest BCUT2D eigenvalue weighted by atomic mass is 10.0. The highest BCUT2D eigenvalue weighted by atomic mass is 16.8. The summed E-state index contributed by atoms with van der Waals surface area (Å²) in [6.45, 7) is 4.49. The van der Waals surface area contributed by atoms with Crippen molar-refractivity contribution in [1.82, 2.24) is 0 Å². The molecule has 150 valence electrons. The van der Waals surface area contributed by atoms with Gasteiger partial charge in [0.25, 0.3) is 0 Å². The van der Waals surface area contributed by atoms with E-state index in [0.717, 1.165) is 5.56 Å². The maximum atomic E-state index is 12.0. The maximum absolute atomic E-state index is 12.0. The van der Waals surface area contributed by atoms with Crippen molar-refractivity contribution in [2.45, 2.75) is 51.3 Å². The summed E-state index contributed by atoms with van der Waals surface area (Å²) >= 11 is 0. The van der Waals surface area contributed by atoms with Gasteiger partial charge in [-0.2, -0.15) is 0 Å². The second-order valence-electron chi connectivity index (χ2n) is 7.03. The molecule has 0 amide bonds. The van der Waals surface area contributed by atoms with E-state index in [2.05, 4.69) is 0 Å². The van der Waals surface area contributed by atoms with Crippen LogP contribution >= 0.6 is 0 Å². The van der Waals surface area contributed by atoms with Gasteiger partial charge in [-0.1, -0.05) is 42.5 Å². The van der Waals surface area contributed by atoms with E-state index in [1.165, 1.54) is 7.11 Å². The van der Waals surface area contributed by atoms with Crippen molar-refractivity contribution in [3.8, 4) is 0 Å². The van der Waals surface area contributed by atoms with Gasteiger partial charge >= 0.3 is 5.97 Å². The van der Waals surface area contributed by atoms with Crippen LogP contribution in [0.25, 0.3) is 0 Å². The summed E-state index contributed by atoms with van der Waals surface area (Å²) in [7, 11) is 1.39. The molecule has 0 aliphatic carbocycles. The maximum Gasteiger partial charge on any atom is 0.309 e. The molecule has 0 saturated carbocycles. The van der Waals surface area contributed by atoms with E-state index in [0.29, 0.717) is 26.1 Å². The van der Waals surface area contributed by atoms with Crippen LogP contribution in [0.4, 0.5) is 0 Å². The fraction of sp³-hybridized carbons (Fsp3) is 0.571. The molecule has 1 aliphatic heterocycles. The number of aliphatic hydroxyl groups is 1. The Morgan fingerprint density at radius 2 is 2.04 bits per heavy atom. The SMILES string of the molecule is COC(=O)[C@H](C/C=C/[C@@H]1OC(C)(C)O[C@@H]1CO)CCOCc1ccccc1. The number of aliphatic hydroxyl groups excluding tert-OH is 1. The third-order valence-corrected chi connectivity index (χ3v) is 4.40. The zero-order chi connectivity index (χ0) is 19.7. The highest BCUT2D eigenvalue weighted by Crippen LogP contribution is 2.29. The van der Waals surface area contributed by atoms with Gasteiger partial charge in [-0.25, -0.2) is 0 Å². The fourth-order valence-corrected chi connectivity index (χ4v) is 3.03. The number of hydrogen-bond donors (Lipinski definition) is 1. The molecule has 0 spiro atoms. The predicted molar refractivity (Wildman–Crippen MR) is 101 cm³/mol. The third-order valence-electron chi connectivity index (χ3n) is 4.40. The first kappa shape index (κ1) is 21.6. The largest absolute Gasteiger partial charge is 0.469 e. The van der Waals surface area contributed by atoms with Crippen molar-refractivity contribution < 1.29 is 28.8 Å². The number of carbonyl (C=O) groups excluding carboxylic acids is 1. The first-order valence-corrected chi connectivity index (χ1v) is 9.28. The van der Waals surface area contributed by atoms with Crippen molar-refractivity contribution in [1.29, 1.82) is 0 Å². The van der Waals surface area contributed by atoms with Crippen LogP contribution in [0.1, 0.15) is 32.3 Å². The van der Waals surface area contributed by atoms with Crippen LogP contribution in [-0.2, 0) is 30.3 Å². The smallest absolute Gasteiger partial charge is 0.309 e. The van der Waals surface area contributed by atoms with Gasteiger partial charge in [0.1, 0.15) is 12.2 Å². The third kappa shape index (κ3) is 7.07. The number of allylic oxidation sites excluding steroid dienone is 1. The Hall–Kier alpha value is -1.73. The molecule has 1 fully saturated rings. The van der Waals surface area contributed by atoms with Gasteiger partial charge in [-0.15, -0.1) is 0 Å². The molecule has 1 saturated heterocycles. The van der Waals surface area contributed by atoms with Gasteiger partial charge in [-0.3, -0.25) is 4.79 Å². The topological polar surface area (TPSA) is 74.2 Å². The monoisotopic (exact) mass is 378 g/mol. The molecular weight excluding hydrogens is 348 g/mol. The molecule has 1 aliphatic rings. The highest BCUT2D eigenvalue weighted by Gasteiger charge is 2.39. The summed E-state index contributed by atoms with van der Waals surface area (Å²) in [6, 6.07) is 9.91. The van der Waals surface area contributed by atoms with Crippen molar-refractivity contribution in [2.24, 2.45) is 5.92 Å². The van der Waals surface area contributed by atoms with Crippen molar-refractivity contribution >= 4 is 5.97 Å². The Morgan fingerprint density at radius 3 is 2.70 bits per heavy atom. The van der Waals surface area contributed by atoms with E-state index in [4.69, 9.17) is 18.9 Å². The number of esters is 1. The number of benzene rings is 1. The molecule has 1 aromatic carbocycles. The molecule has 0 unspecified atom stereocenters. The molecule has 1 heterocycles. The molecule has 6 heteroatoms. The zero-order valence-corrected chi connectivity index (χ0v) is 16.3. The average molecular weight is 378 g/mol. The lowest BCUT2D eigenvalue weighted by Crippen LogP contribution is -2.25. The number of hydrogen-bond acceptors (Lipinski definition) is 6. The van der Waals surface area contributed by atoms with Gasteiger partial charge in [0, 0.05) is 6.61 Å². The molecule has 2 rings (SSSR count). The standard InChI is InChI=1S/C21H30O6/c1-21(2)26-18(19(14-22)27-21)11-7-10-17(20(23)24-3)12-13-25-15-16-8-5-4-6-9-16/h4-9,11,17-19,22H,10,12-15H2,1-3H3/b11-7+/t17-,18+,19-/m1/s1. The first-order chi connectivity index (χ1) is 12.9. The van der Waals surface area contributed by atoms with Crippen LogP contribution in [0, 0.1) is 5.92 Å². The quantitative estimate of drug-likeness (QED) is 0.383. The van der Waals surface area contributed by atoms with Crippen molar-refractivity contribution in [3.63, 3.8) is 0 Å². The van der Waals surface area contributed by atoms with Gasteiger partial charge in [0.2, 0.25) is 0 Å².